The molecular weight excluding hydrogens is 357 g/mol. The third-order valence-corrected chi connectivity index (χ3v) is 6.68. The molecule has 0 heterocycles. The maximum absolute atomic E-state index is 13.5. The van der Waals surface area contributed by atoms with E-state index in [9.17, 15) is 4.57 Å². The highest BCUT2D eigenvalue weighted by Gasteiger charge is 2.37. The molecule has 2 aromatic carbocycles. The topological polar surface area (TPSA) is 47.6 Å². The van der Waals surface area contributed by atoms with E-state index in [0.29, 0.717) is 25.6 Å². The Balaban J connectivity index is 2.42. The molecule has 1 unspecified atom stereocenters. The van der Waals surface area contributed by atoms with Crippen molar-refractivity contribution in [3.63, 3.8) is 0 Å². The minimum atomic E-state index is -3.29. The van der Waals surface area contributed by atoms with Gasteiger partial charge in [-0.25, -0.2) is 0 Å². The molecule has 0 aliphatic heterocycles. The molecule has 0 aliphatic carbocycles. The van der Waals surface area contributed by atoms with Gasteiger partial charge in [-0.05, 0) is 37.3 Å². The van der Waals surface area contributed by atoms with Gasteiger partial charge in [-0.15, -0.1) is 0 Å². The number of nitrogens with one attached hydrogen (secondary N) is 1. The zero-order chi connectivity index (χ0) is 19.7. The summed E-state index contributed by atoms with van der Waals surface area (Å²) in [4.78, 5) is 0. The summed E-state index contributed by atoms with van der Waals surface area (Å²) in [5.74, 6) is -0.0354. The van der Waals surface area contributed by atoms with Crippen molar-refractivity contribution in [2.75, 3.05) is 13.2 Å². The van der Waals surface area contributed by atoms with Crippen LogP contribution in [0.15, 0.2) is 60.7 Å². The Morgan fingerprint density at radius 1 is 0.852 bits per heavy atom. The predicted octanol–water partition coefficient (Wildman–Crippen LogP) is 6.00. The minimum Gasteiger partial charge on any atom is -0.308 e. The summed E-state index contributed by atoms with van der Waals surface area (Å²) >= 11 is 0. The van der Waals surface area contributed by atoms with E-state index >= 15 is 0 Å². The van der Waals surface area contributed by atoms with E-state index < -0.39 is 7.60 Å². The van der Waals surface area contributed by atoms with Crippen LogP contribution in [-0.2, 0) is 13.6 Å². The molecule has 0 fully saturated rings. The predicted molar refractivity (Wildman–Crippen MR) is 112 cm³/mol. The summed E-state index contributed by atoms with van der Waals surface area (Å²) in [7, 11) is -3.29. The highest BCUT2D eigenvalue weighted by atomic mass is 31.2. The zero-order valence-corrected chi connectivity index (χ0v) is 17.7. The molecule has 0 amide bonds. The second-order valence-corrected chi connectivity index (χ2v) is 9.16. The van der Waals surface area contributed by atoms with Gasteiger partial charge in [-0.1, -0.05) is 74.5 Å². The largest absolute Gasteiger partial charge is 0.347 e. The highest BCUT2D eigenvalue weighted by Crippen LogP contribution is 2.54. The molecule has 1 N–H and O–H groups in total. The van der Waals surface area contributed by atoms with Crippen molar-refractivity contribution >= 4 is 7.60 Å². The second kappa shape index (κ2) is 10.8. The van der Waals surface area contributed by atoms with E-state index in [1.54, 1.807) is 0 Å². The van der Waals surface area contributed by atoms with Crippen LogP contribution in [0.2, 0.25) is 0 Å². The van der Waals surface area contributed by atoms with Crippen LogP contribution in [0, 0.1) is 5.92 Å². The second-order valence-electron chi connectivity index (χ2n) is 6.94. The lowest BCUT2D eigenvalue weighted by molar-refractivity contribution is 0.201. The first-order chi connectivity index (χ1) is 13.0. The summed E-state index contributed by atoms with van der Waals surface area (Å²) in [6.07, 6.45) is 0.702. The van der Waals surface area contributed by atoms with Gasteiger partial charge < -0.3 is 9.05 Å². The van der Waals surface area contributed by atoms with Gasteiger partial charge in [-0.2, -0.15) is 0 Å². The first kappa shape index (κ1) is 21.8. The summed E-state index contributed by atoms with van der Waals surface area (Å²) in [5, 5.41) is 3.62. The quantitative estimate of drug-likeness (QED) is 0.479. The van der Waals surface area contributed by atoms with E-state index in [2.05, 4.69) is 43.4 Å². The summed E-state index contributed by atoms with van der Waals surface area (Å²) < 4.78 is 24.9. The van der Waals surface area contributed by atoms with E-state index in [-0.39, 0.29) is 11.8 Å². The van der Waals surface area contributed by atoms with Crippen LogP contribution < -0.4 is 5.32 Å². The Morgan fingerprint density at radius 2 is 1.30 bits per heavy atom. The monoisotopic (exact) mass is 389 g/mol. The third kappa shape index (κ3) is 6.29. The molecule has 4 nitrogen and oxygen atoms in total. The van der Waals surface area contributed by atoms with Crippen LogP contribution in [0.3, 0.4) is 0 Å². The van der Waals surface area contributed by atoms with E-state index in [1.807, 2.05) is 50.2 Å². The Labute approximate surface area is 163 Å². The van der Waals surface area contributed by atoms with Crippen molar-refractivity contribution in [2.45, 2.75) is 45.9 Å². The van der Waals surface area contributed by atoms with Gasteiger partial charge in [0.15, 0.2) is 0 Å². The molecule has 1 atom stereocenters. The molecule has 27 heavy (non-hydrogen) atoms. The normalized spacial score (nSPS) is 13.3. The van der Waals surface area contributed by atoms with Crippen LogP contribution in [0.4, 0.5) is 0 Å². The van der Waals surface area contributed by atoms with Crippen molar-refractivity contribution in [1.29, 1.82) is 0 Å². The molecule has 2 aromatic rings. The molecule has 0 saturated heterocycles. The Kier molecular flexibility index (Phi) is 8.72. The number of hydrogen-bond donors (Lipinski definition) is 1. The first-order valence-corrected chi connectivity index (χ1v) is 11.4. The van der Waals surface area contributed by atoms with E-state index in [1.165, 1.54) is 0 Å². The average molecular weight is 389 g/mol. The van der Waals surface area contributed by atoms with Crippen molar-refractivity contribution in [1.82, 2.24) is 5.32 Å². The summed E-state index contributed by atoms with van der Waals surface area (Å²) in [5.41, 5.74) is 2.24. The molecule has 0 saturated carbocycles. The van der Waals surface area contributed by atoms with Gasteiger partial charge in [0, 0.05) is 0 Å². The average Bonchev–Trinajstić information content (AvgIpc) is 2.66. The maximum Gasteiger partial charge on any atom is 0.347 e. The standard InChI is InChI=1S/C22H32NO3P/c1-5-25-27(24,26-6-2)21(17-18(3)4)23-22(19-13-9-7-10-14-19)20-15-11-8-12-16-20/h7-16,18,21-23H,5-6,17H2,1-4H3. The lowest BCUT2D eigenvalue weighted by Crippen LogP contribution is -2.35. The smallest absolute Gasteiger partial charge is 0.308 e. The molecule has 0 bridgehead atoms. The van der Waals surface area contributed by atoms with Gasteiger partial charge in [-0.3, -0.25) is 9.88 Å². The van der Waals surface area contributed by atoms with Crippen LogP contribution in [0.1, 0.15) is 51.3 Å². The lowest BCUT2D eigenvalue weighted by atomic mass is 9.98. The Hall–Kier alpha value is -1.45. The van der Waals surface area contributed by atoms with Crippen molar-refractivity contribution < 1.29 is 13.6 Å². The molecule has 2 rings (SSSR count). The summed E-state index contributed by atoms with van der Waals surface area (Å²) in [6.45, 7) is 8.66. The number of benzene rings is 2. The molecular formula is C22H32NO3P. The van der Waals surface area contributed by atoms with Crippen molar-refractivity contribution in [3.05, 3.63) is 71.8 Å². The highest BCUT2D eigenvalue weighted by molar-refractivity contribution is 7.54. The Morgan fingerprint density at radius 3 is 1.67 bits per heavy atom. The van der Waals surface area contributed by atoms with Crippen LogP contribution in [0.5, 0.6) is 0 Å². The van der Waals surface area contributed by atoms with Crippen molar-refractivity contribution in [3.8, 4) is 0 Å². The third-order valence-electron chi connectivity index (χ3n) is 4.32. The van der Waals surface area contributed by atoms with Gasteiger partial charge in [0.25, 0.3) is 0 Å². The van der Waals surface area contributed by atoms with E-state index in [4.69, 9.17) is 9.05 Å². The fraction of sp³-hybridized carbons (Fsp3) is 0.455. The van der Waals surface area contributed by atoms with E-state index in [0.717, 1.165) is 11.1 Å². The lowest BCUT2D eigenvalue weighted by Gasteiger charge is -2.32. The molecule has 5 heteroatoms. The van der Waals surface area contributed by atoms with Gasteiger partial charge in [0.1, 0.15) is 5.78 Å². The minimum absolute atomic E-state index is 0.0922. The molecule has 0 aliphatic rings. The molecule has 0 aromatic heterocycles. The van der Waals surface area contributed by atoms with Gasteiger partial charge in [0.05, 0.1) is 19.3 Å². The summed E-state index contributed by atoms with van der Waals surface area (Å²) in [6, 6.07) is 20.4. The molecule has 0 spiro atoms. The van der Waals surface area contributed by atoms with Gasteiger partial charge in [0.2, 0.25) is 0 Å². The fourth-order valence-corrected chi connectivity index (χ4v) is 5.35. The van der Waals surface area contributed by atoms with Gasteiger partial charge >= 0.3 is 7.60 Å². The number of hydrogen-bond acceptors (Lipinski definition) is 4. The van der Waals surface area contributed by atoms with Crippen LogP contribution >= 0.6 is 7.60 Å². The first-order valence-electron chi connectivity index (χ1n) is 9.74. The van der Waals surface area contributed by atoms with Crippen molar-refractivity contribution in [2.24, 2.45) is 5.92 Å². The molecule has 0 radical (unpaired) electrons. The SMILES string of the molecule is CCOP(=O)(OCC)C(CC(C)C)NC(c1ccccc1)c1ccccc1. The van der Waals surface area contributed by atoms with Crippen LogP contribution in [-0.4, -0.2) is 19.0 Å². The number of rotatable bonds is 11. The fourth-order valence-electron chi connectivity index (χ4n) is 3.18. The Bertz CT molecular complexity index is 657. The molecule has 148 valence electrons. The van der Waals surface area contributed by atoms with Crippen LogP contribution in [0.25, 0.3) is 0 Å². The maximum atomic E-state index is 13.5. The zero-order valence-electron chi connectivity index (χ0n) is 16.8.